The third-order valence-electron chi connectivity index (χ3n) is 4.40. The zero-order valence-electron chi connectivity index (χ0n) is 18.0. The minimum Gasteiger partial charge on any atom is -0.484 e. The molecule has 0 fully saturated rings. The van der Waals surface area contributed by atoms with E-state index in [0.29, 0.717) is 21.4 Å². The number of aryl methyl sites for hydroxylation is 1. The first-order valence-corrected chi connectivity index (χ1v) is 10.5. The van der Waals surface area contributed by atoms with Crippen molar-refractivity contribution in [2.45, 2.75) is 52.7 Å². The molecule has 7 heteroatoms. The van der Waals surface area contributed by atoms with Crippen molar-refractivity contribution >= 4 is 35.0 Å². The molecule has 0 heterocycles. The monoisotopic (exact) mass is 450 g/mol. The van der Waals surface area contributed by atoms with Crippen molar-refractivity contribution in [2.24, 2.45) is 0 Å². The highest BCUT2D eigenvalue weighted by Crippen LogP contribution is 2.23. The van der Waals surface area contributed by atoms with Crippen molar-refractivity contribution in [3.05, 3.63) is 63.6 Å². The van der Waals surface area contributed by atoms with E-state index in [4.69, 9.17) is 27.9 Å². The first-order valence-electron chi connectivity index (χ1n) is 9.71. The van der Waals surface area contributed by atoms with E-state index in [1.807, 2.05) is 39.8 Å². The highest BCUT2D eigenvalue weighted by Gasteiger charge is 2.29. The molecule has 0 aliphatic carbocycles. The zero-order chi connectivity index (χ0) is 22.5. The van der Waals surface area contributed by atoms with Crippen LogP contribution in [-0.2, 0) is 16.1 Å². The molecule has 0 bridgehead atoms. The molecule has 0 aliphatic rings. The highest BCUT2D eigenvalue weighted by molar-refractivity contribution is 6.35. The van der Waals surface area contributed by atoms with E-state index in [0.717, 1.165) is 5.56 Å². The van der Waals surface area contributed by atoms with E-state index < -0.39 is 11.6 Å². The second-order valence-electron chi connectivity index (χ2n) is 8.27. The lowest BCUT2D eigenvalue weighted by molar-refractivity contribution is -0.142. The summed E-state index contributed by atoms with van der Waals surface area (Å²) < 4.78 is 5.64. The summed E-state index contributed by atoms with van der Waals surface area (Å²) in [6.45, 7) is 9.30. The minimum atomic E-state index is -0.718. The Morgan fingerprint density at radius 2 is 1.73 bits per heavy atom. The van der Waals surface area contributed by atoms with Crippen LogP contribution < -0.4 is 10.1 Å². The van der Waals surface area contributed by atoms with E-state index in [2.05, 4.69) is 5.32 Å². The molecule has 0 aromatic heterocycles. The number of nitrogens with one attached hydrogen (secondary N) is 1. The molecule has 0 saturated carbocycles. The number of halogens is 2. The number of carbonyl (C=O) groups excluding carboxylic acids is 2. The summed E-state index contributed by atoms with van der Waals surface area (Å²) in [6, 6.07) is 11.8. The summed E-state index contributed by atoms with van der Waals surface area (Å²) in [5, 5.41) is 3.85. The fourth-order valence-corrected chi connectivity index (χ4v) is 3.22. The Hall–Kier alpha value is -2.24. The number of ether oxygens (including phenoxy) is 1. The number of benzene rings is 2. The zero-order valence-corrected chi connectivity index (χ0v) is 19.5. The lowest BCUT2D eigenvalue weighted by Crippen LogP contribution is -2.53. The van der Waals surface area contributed by atoms with Crippen LogP contribution in [0.3, 0.4) is 0 Å². The maximum absolute atomic E-state index is 13.0. The van der Waals surface area contributed by atoms with Crippen molar-refractivity contribution in [1.29, 1.82) is 0 Å². The van der Waals surface area contributed by atoms with Gasteiger partial charge in [-0.3, -0.25) is 9.59 Å². The van der Waals surface area contributed by atoms with Gasteiger partial charge in [-0.15, -0.1) is 0 Å². The van der Waals surface area contributed by atoms with Crippen LogP contribution in [0.1, 0.15) is 38.8 Å². The van der Waals surface area contributed by atoms with Crippen LogP contribution in [0, 0.1) is 6.92 Å². The summed E-state index contributed by atoms with van der Waals surface area (Å²) in [7, 11) is 0. The van der Waals surface area contributed by atoms with Crippen molar-refractivity contribution in [1.82, 2.24) is 10.2 Å². The molecule has 1 atom stereocenters. The molecule has 5 nitrogen and oxygen atoms in total. The summed E-state index contributed by atoms with van der Waals surface area (Å²) in [5.41, 5.74) is 1.37. The van der Waals surface area contributed by atoms with Crippen LogP contribution in [0.2, 0.25) is 10.0 Å². The topological polar surface area (TPSA) is 58.6 Å². The van der Waals surface area contributed by atoms with Crippen LogP contribution >= 0.6 is 23.2 Å². The van der Waals surface area contributed by atoms with Gasteiger partial charge in [0.1, 0.15) is 11.8 Å². The lowest BCUT2D eigenvalue weighted by Gasteiger charge is -2.31. The number of nitrogens with zero attached hydrogens (tertiary/aromatic N) is 1. The number of amides is 2. The molecule has 162 valence electrons. The summed E-state index contributed by atoms with van der Waals surface area (Å²) in [4.78, 5) is 27.2. The summed E-state index contributed by atoms with van der Waals surface area (Å²) in [6.07, 6.45) is 0. The number of carbonyl (C=O) groups is 2. The Kier molecular flexibility index (Phi) is 8.16. The van der Waals surface area contributed by atoms with Crippen molar-refractivity contribution < 1.29 is 14.3 Å². The molecular weight excluding hydrogens is 423 g/mol. The van der Waals surface area contributed by atoms with Gasteiger partial charge in [0, 0.05) is 22.1 Å². The fraction of sp³-hybridized carbons (Fsp3) is 0.391. The quantitative estimate of drug-likeness (QED) is 0.644. The molecule has 0 radical (unpaired) electrons. The van der Waals surface area contributed by atoms with Crippen LogP contribution in [0.5, 0.6) is 5.75 Å². The molecular formula is C23H28Cl2N2O3. The predicted octanol–water partition coefficient (Wildman–Crippen LogP) is 5.01. The number of rotatable bonds is 7. The van der Waals surface area contributed by atoms with Gasteiger partial charge in [0.25, 0.3) is 5.91 Å². The normalized spacial score (nSPS) is 12.2. The molecule has 0 aliphatic heterocycles. The van der Waals surface area contributed by atoms with Crippen molar-refractivity contribution in [3.8, 4) is 5.75 Å². The molecule has 0 spiro atoms. The van der Waals surface area contributed by atoms with Gasteiger partial charge < -0.3 is 15.0 Å². The minimum absolute atomic E-state index is 0.158. The second-order valence-corrected chi connectivity index (χ2v) is 9.12. The first kappa shape index (κ1) is 24.0. The largest absolute Gasteiger partial charge is 0.484 e. The number of hydrogen-bond acceptors (Lipinski definition) is 3. The van der Waals surface area contributed by atoms with Gasteiger partial charge in [-0.2, -0.15) is 0 Å². The van der Waals surface area contributed by atoms with Gasteiger partial charge in [0.15, 0.2) is 6.61 Å². The standard InChI is InChI=1S/C23H28Cl2N2O3/c1-15-6-10-19(11-7-15)30-14-21(28)27(16(2)22(29)26-23(3,4)5)13-17-8-9-18(24)12-20(17)25/h6-12,16H,13-14H2,1-5H3,(H,26,29)/t16-/m0/s1. The molecule has 2 aromatic carbocycles. The SMILES string of the molecule is Cc1ccc(OCC(=O)N(Cc2ccc(Cl)cc2Cl)[C@@H](C)C(=O)NC(C)(C)C)cc1. The fourth-order valence-electron chi connectivity index (χ4n) is 2.75. The number of hydrogen-bond donors (Lipinski definition) is 1. The van der Waals surface area contributed by atoms with E-state index in [-0.39, 0.29) is 25.0 Å². The van der Waals surface area contributed by atoms with Gasteiger partial charge in [-0.1, -0.05) is 47.0 Å². The summed E-state index contributed by atoms with van der Waals surface area (Å²) >= 11 is 12.3. The predicted molar refractivity (Wildman–Crippen MR) is 121 cm³/mol. The molecule has 0 unspecified atom stereocenters. The van der Waals surface area contributed by atoms with Crippen LogP contribution in [0.15, 0.2) is 42.5 Å². The van der Waals surface area contributed by atoms with E-state index >= 15 is 0 Å². The van der Waals surface area contributed by atoms with E-state index in [1.165, 1.54) is 4.90 Å². The molecule has 0 saturated heterocycles. The Morgan fingerprint density at radius 3 is 2.30 bits per heavy atom. The molecule has 2 aromatic rings. The summed E-state index contributed by atoms with van der Waals surface area (Å²) in [5.74, 6) is 0.0136. The van der Waals surface area contributed by atoms with Crippen LogP contribution in [-0.4, -0.2) is 34.9 Å². The van der Waals surface area contributed by atoms with Gasteiger partial charge in [0.05, 0.1) is 0 Å². The average molecular weight is 451 g/mol. The molecule has 1 N–H and O–H groups in total. The first-order chi connectivity index (χ1) is 14.0. The molecule has 30 heavy (non-hydrogen) atoms. The van der Waals surface area contributed by atoms with Crippen LogP contribution in [0.25, 0.3) is 0 Å². The Labute approximate surface area is 188 Å². The van der Waals surface area contributed by atoms with E-state index in [9.17, 15) is 9.59 Å². The van der Waals surface area contributed by atoms with Gasteiger partial charge in [-0.05, 0) is 64.4 Å². The third-order valence-corrected chi connectivity index (χ3v) is 4.99. The van der Waals surface area contributed by atoms with Gasteiger partial charge in [0.2, 0.25) is 5.91 Å². The smallest absolute Gasteiger partial charge is 0.261 e. The third kappa shape index (κ3) is 7.22. The second kappa shape index (κ2) is 10.2. The maximum Gasteiger partial charge on any atom is 0.261 e. The van der Waals surface area contributed by atoms with Gasteiger partial charge >= 0.3 is 0 Å². The lowest BCUT2D eigenvalue weighted by atomic mass is 10.1. The van der Waals surface area contributed by atoms with Crippen LogP contribution in [0.4, 0.5) is 0 Å². The highest BCUT2D eigenvalue weighted by atomic mass is 35.5. The maximum atomic E-state index is 13.0. The average Bonchev–Trinajstić information content (AvgIpc) is 2.65. The Bertz CT molecular complexity index is 892. The van der Waals surface area contributed by atoms with E-state index in [1.54, 1.807) is 37.3 Å². The molecule has 2 amide bonds. The van der Waals surface area contributed by atoms with Gasteiger partial charge in [-0.25, -0.2) is 0 Å². The Balaban J connectivity index is 2.21. The Morgan fingerprint density at radius 1 is 1.10 bits per heavy atom. The van der Waals surface area contributed by atoms with Crippen molar-refractivity contribution in [3.63, 3.8) is 0 Å². The van der Waals surface area contributed by atoms with Crippen molar-refractivity contribution in [2.75, 3.05) is 6.61 Å². The molecule has 2 rings (SSSR count).